The van der Waals surface area contributed by atoms with E-state index >= 15 is 0 Å². The Kier molecular flexibility index (Phi) is 9.02. The fourth-order valence-corrected chi connectivity index (χ4v) is 3.51. The van der Waals surface area contributed by atoms with Crippen LogP contribution < -0.4 is 10.6 Å². The Hall–Kier alpha value is -3.35. The smallest absolute Gasteiger partial charge is 0.408 e. The van der Waals surface area contributed by atoms with Gasteiger partial charge in [-0.3, -0.25) is 9.59 Å². The standard InChI is InChI=1S/C26H35N3O4/c1-7-16-29(21(30)17-27-25(32)33-26(4,5)6)23(20-14-9-8-10-15-20)24(31)28-22-18(2)12-11-13-19(22)3/h8-15,23H,7,16-17H2,1-6H3,(H,27,32)(H,28,31). The number of benzene rings is 2. The third kappa shape index (κ3) is 7.63. The molecule has 0 aliphatic carbocycles. The molecule has 7 heteroatoms. The number of amides is 3. The molecule has 0 aromatic heterocycles. The topological polar surface area (TPSA) is 87.7 Å². The fourth-order valence-electron chi connectivity index (χ4n) is 3.51. The van der Waals surface area contributed by atoms with Crippen LogP contribution in [0.15, 0.2) is 48.5 Å². The van der Waals surface area contributed by atoms with Crippen LogP contribution in [0, 0.1) is 13.8 Å². The molecular formula is C26H35N3O4. The summed E-state index contributed by atoms with van der Waals surface area (Å²) in [5.74, 6) is -0.675. The minimum atomic E-state index is -0.849. The summed E-state index contributed by atoms with van der Waals surface area (Å²) >= 11 is 0. The van der Waals surface area contributed by atoms with Crippen molar-refractivity contribution in [1.29, 1.82) is 0 Å². The van der Waals surface area contributed by atoms with Gasteiger partial charge in [0.05, 0.1) is 0 Å². The van der Waals surface area contributed by atoms with Gasteiger partial charge in [0.2, 0.25) is 5.91 Å². The van der Waals surface area contributed by atoms with Crippen molar-refractivity contribution in [1.82, 2.24) is 10.2 Å². The van der Waals surface area contributed by atoms with Gasteiger partial charge >= 0.3 is 6.09 Å². The number of para-hydroxylation sites is 1. The molecule has 2 aromatic rings. The molecule has 0 saturated heterocycles. The third-order valence-electron chi connectivity index (χ3n) is 4.97. The highest BCUT2D eigenvalue weighted by atomic mass is 16.6. The van der Waals surface area contributed by atoms with Gasteiger partial charge < -0.3 is 20.3 Å². The molecule has 178 valence electrons. The van der Waals surface area contributed by atoms with E-state index in [1.54, 1.807) is 20.8 Å². The number of alkyl carbamates (subject to hydrolysis) is 1. The molecular weight excluding hydrogens is 418 g/mol. The zero-order chi connectivity index (χ0) is 24.6. The van der Waals surface area contributed by atoms with Crippen LogP contribution in [0.3, 0.4) is 0 Å². The number of anilines is 1. The average Bonchev–Trinajstić information content (AvgIpc) is 2.74. The van der Waals surface area contributed by atoms with Crippen LogP contribution >= 0.6 is 0 Å². The second-order valence-electron chi connectivity index (χ2n) is 9.01. The van der Waals surface area contributed by atoms with Gasteiger partial charge in [0, 0.05) is 12.2 Å². The number of nitrogens with one attached hydrogen (secondary N) is 2. The molecule has 0 bridgehead atoms. The molecule has 0 saturated carbocycles. The maximum atomic E-state index is 13.5. The van der Waals surface area contributed by atoms with E-state index in [1.807, 2.05) is 69.3 Å². The van der Waals surface area contributed by atoms with Crippen LogP contribution in [-0.4, -0.2) is 41.5 Å². The van der Waals surface area contributed by atoms with Gasteiger partial charge in [0.15, 0.2) is 0 Å². The van der Waals surface area contributed by atoms with E-state index in [2.05, 4.69) is 10.6 Å². The predicted octanol–water partition coefficient (Wildman–Crippen LogP) is 4.75. The Bertz CT molecular complexity index is 947. The van der Waals surface area contributed by atoms with Crippen molar-refractivity contribution in [3.8, 4) is 0 Å². The average molecular weight is 454 g/mol. The van der Waals surface area contributed by atoms with Gasteiger partial charge in [-0.2, -0.15) is 0 Å². The van der Waals surface area contributed by atoms with Gasteiger partial charge in [0.25, 0.3) is 5.91 Å². The van der Waals surface area contributed by atoms with Gasteiger partial charge in [-0.15, -0.1) is 0 Å². The fraction of sp³-hybridized carbons (Fsp3) is 0.423. The normalized spacial score (nSPS) is 11.9. The minimum absolute atomic E-state index is 0.269. The molecule has 2 rings (SSSR count). The molecule has 33 heavy (non-hydrogen) atoms. The summed E-state index contributed by atoms with van der Waals surface area (Å²) in [5, 5.41) is 5.53. The molecule has 0 aliphatic heterocycles. The van der Waals surface area contributed by atoms with Crippen molar-refractivity contribution in [3.63, 3.8) is 0 Å². The van der Waals surface area contributed by atoms with Crippen LogP contribution in [-0.2, 0) is 14.3 Å². The first-order chi connectivity index (χ1) is 15.5. The van der Waals surface area contributed by atoms with Crippen molar-refractivity contribution in [2.75, 3.05) is 18.4 Å². The largest absolute Gasteiger partial charge is 0.444 e. The Morgan fingerprint density at radius 2 is 1.58 bits per heavy atom. The molecule has 0 radical (unpaired) electrons. The first-order valence-electron chi connectivity index (χ1n) is 11.2. The van der Waals surface area contributed by atoms with Crippen molar-refractivity contribution in [2.45, 2.75) is 59.6 Å². The molecule has 0 heterocycles. The Morgan fingerprint density at radius 1 is 0.970 bits per heavy atom. The van der Waals surface area contributed by atoms with Gasteiger partial charge in [-0.05, 0) is 57.7 Å². The highest BCUT2D eigenvalue weighted by Crippen LogP contribution is 2.26. The quantitative estimate of drug-likeness (QED) is 0.604. The lowest BCUT2D eigenvalue weighted by Crippen LogP contribution is -2.46. The van der Waals surface area contributed by atoms with Gasteiger partial charge in [0.1, 0.15) is 18.2 Å². The van der Waals surface area contributed by atoms with E-state index < -0.39 is 17.7 Å². The molecule has 7 nitrogen and oxygen atoms in total. The summed E-state index contributed by atoms with van der Waals surface area (Å²) in [5.41, 5.74) is 2.64. The number of hydrogen-bond donors (Lipinski definition) is 2. The van der Waals surface area contributed by atoms with E-state index in [0.717, 1.165) is 16.8 Å². The van der Waals surface area contributed by atoms with Crippen LogP contribution in [0.4, 0.5) is 10.5 Å². The van der Waals surface area contributed by atoms with Gasteiger partial charge in [-0.25, -0.2) is 4.79 Å². The molecule has 1 unspecified atom stereocenters. The Balaban J connectivity index is 2.31. The Morgan fingerprint density at radius 3 is 2.12 bits per heavy atom. The molecule has 1 atom stereocenters. The zero-order valence-electron chi connectivity index (χ0n) is 20.4. The second-order valence-corrected chi connectivity index (χ2v) is 9.01. The lowest BCUT2D eigenvalue weighted by Gasteiger charge is -2.32. The Labute approximate surface area is 196 Å². The maximum Gasteiger partial charge on any atom is 0.408 e. The number of nitrogens with zero attached hydrogens (tertiary/aromatic N) is 1. The van der Waals surface area contributed by atoms with E-state index in [9.17, 15) is 14.4 Å². The van der Waals surface area contributed by atoms with E-state index in [4.69, 9.17) is 4.74 Å². The molecule has 2 aromatic carbocycles. The first-order valence-corrected chi connectivity index (χ1v) is 11.2. The number of carbonyl (C=O) groups excluding carboxylic acids is 3. The van der Waals surface area contributed by atoms with Crippen molar-refractivity contribution in [2.24, 2.45) is 0 Å². The molecule has 2 N–H and O–H groups in total. The lowest BCUT2D eigenvalue weighted by molar-refractivity contribution is -0.138. The SMILES string of the molecule is CCCN(C(=O)CNC(=O)OC(C)(C)C)C(C(=O)Nc1c(C)cccc1C)c1ccccc1. The maximum absolute atomic E-state index is 13.5. The van der Waals surface area contributed by atoms with Crippen LogP contribution in [0.1, 0.15) is 56.8 Å². The van der Waals surface area contributed by atoms with E-state index in [-0.39, 0.29) is 18.4 Å². The number of aryl methyl sites for hydroxylation is 2. The summed E-state index contributed by atoms with van der Waals surface area (Å²) in [6, 6.07) is 14.1. The summed E-state index contributed by atoms with van der Waals surface area (Å²) in [4.78, 5) is 40.3. The first kappa shape index (κ1) is 25.9. The minimum Gasteiger partial charge on any atom is -0.444 e. The van der Waals surface area contributed by atoms with Crippen LogP contribution in [0.5, 0.6) is 0 Å². The number of hydrogen-bond acceptors (Lipinski definition) is 4. The summed E-state index contributed by atoms with van der Waals surface area (Å²) in [6.07, 6.45) is -0.0263. The summed E-state index contributed by atoms with van der Waals surface area (Å²) < 4.78 is 5.23. The number of ether oxygens (including phenoxy) is 1. The molecule has 0 fully saturated rings. The monoisotopic (exact) mass is 453 g/mol. The predicted molar refractivity (Wildman–Crippen MR) is 130 cm³/mol. The zero-order valence-corrected chi connectivity index (χ0v) is 20.4. The summed E-state index contributed by atoms with van der Waals surface area (Å²) in [7, 11) is 0. The van der Waals surface area contributed by atoms with E-state index in [0.29, 0.717) is 18.5 Å². The third-order valence-corrected chi connectivity index (χ3v) is 4.97. The summed E-state index contributed by atoms with van der Waals surface area (Å²) in [6.45, 7) is 11.1. The van der Waals surface area contributed by atoms with E-state index in [1.165, 1.54) is 4.90 Å². The van der Waals surface area contributed by atoms with Gasteiger partial charge in [-0.1, -0.05) is 55.5 Å². The lowest BCUT2D eigenvalue weighted by atomic mass is 10.0. The highest BCUT2D eigenvalue weighted by Gasteiger charge is 2.31. The second kappa shape index (κ2) is 11.5. The molecule has 3 amide bonds. The van der Waals surface area contributed by atoms with Crippen molar-refractivity contribution < 1.29 is 19.1 Å². The molecule has 0 aliphatic rings. The molecule has 0 spiro atoms. The number of rotatable bonds is 8. The number of carbonyl (C=O) groups is 3. The highest BCUT2D eigenvalue weighted by molar-refractivity contribution is 5.99. The van der Waals surface area contributed by atoms with Crippen molar-refractivity contribution in [3.05, 3.63) is 65.2 Å². The van der Waals surface area contributed by atoms with Crippen LogP contribution in [0.25, 0.3) is 0 Å². The van der Waals surface area contributed by atoms with Crippen molar-refractivity contribution >= 4 is 23.6 Å². The van der Waals surface area contributed by atoms with Crippen LogP contribution in [0.2, 0.25) is 0 Å².